The molecule has 1 fully saturated rings. The normalized spacial score (nSPS) is 14.6. The summed E-state index contributed by atoms with van der Waals surface area (Å²) < 4.78 is 2.05. The molecule has 1 aliphatic heterocycles. The average Bonchev–Trinajstić information content (AvgIpc) is 3.10. The maximum Gasteiger partial charge on any atom is 0.219 e. The molecule has 4 aromatic rings. The highest BCUT2D eigenvalue weighted by molar-refractivity contribution is 5.95. The number of aryl methyl sites for hydroxylation is 2. The number of pyridine rings is 2. The molecule has 0 spiro atoms. The number of anilines is 1. The van der Waals surface area contributed by atoms with Crippen molar-refractivity contribution in [3.8, 4) is 11.3 Å². The maximum absolute atomic E-state index is 11.6. The van der Waals surface area contributed by atoms with Crippen LogP contribution in [0.5, 0.6) is 0 Å². The monoisotopic (exact) mass is 399 g/mol. The Hall–Kier alpha value is -3.41. The first kappa shape index (κ1) is 18.6. The van der Waals surface area contributed by atoms with Gasteiger partial charge in [-0.05, 0) is 48.9 Å². The van der Waals surface area contributed by atoms with Crippen LogP contribution in [0.25, 0.3) is 33.2 Å². The van der Waals surface area contributed by atoms with Gasteiger partial charge in [0.1, 0.15) is 5.65 Å². The smallest absolute Gasteiger partial charge is 0.219 e. The van der Waals surface area contributed by atoms with E-state index in [1.54, 1.807) is 6.92 Å². The van der Waals surface area contributed by atoms with Gasteiger partial charge >= 0.3 is 0 Å². The number of aromatic nitrogens is 3. The van der Waals surface area contributed by atoms with Gasteiger partial charge in [0, 0.05) is 74.6 Å². The third-order valence-corrected chi connectivity index (χ3v) is 6.10. The van der Waals surface area contributed by atoms with Gasteiger partial charge in [0.25, 0.3) is 0 Å². The standard InChI is InChI=1S/C24H25N5O/c1-16-13-23(21-15-27(3)24-19(21)5-4-8-25-24)26-22-7-6-18(14-20(16)22)29-11-9-28(10-12-29)17(2)30/h4-8,13-15H,9-12H2,1-3H3. The summed E-state index contributed by atoms with van der Waals surface area (Å²) in [5.41, 5.74) is 6.44. The van der Waals surface area contributed by atoms with Crippen LogP contribution in [-0.4, -0.2) is 51.5 Å². The highest BCUT2D eigenvalue weighted by Gasteiger charge is 2.19. The number of piperazine rings is 1. The molecule has 0 saturated carbocycles. The molecule has 152 valence electrons. The summed E-state index contributed by atoms with van der Waals surface area (Å²) in [4.78, 5) is 25.3. The van der Waals surface area contributed by atoms with Crippen molar-refractivity contribution >= 4 is 33.5 Å². The van der Waals surface area contributed by atoms with Crippen molar-refractivity contribution in [3.05, 3.63) is 54.4 Å². The van der Waals surface area contributed by atoms with Gasteiger partial charge in [-0.2, -0.15) is 0 Å². The van der Waals surface area contributed by atoms with Gasteiger partial charge in [0.15, 0.2) is 0 Å². The zero-order valence-corrected chi connectivity index (χ0v) is 17.6. The zero-order chi connectivity index (χ0) is 20.8. The number of amides is 1. The molecule has 1 amide bonds. The average molecular weight is 399 g/mol. The fourth-order valence-corrected chi connectivity index (χ4v) is 4.41. The molecule has 1 aliphatic rings. The van der Waals surface area contributed by atoms with Crippen LogP contribution in [0.1, 0.15) is 12.5 Å². The summed E-state index contributed by atoms with van der Waals surface area (Å²) in [6.45, 7) is 7.06. The van der Waals surface area contributed by atoms with E-state index < -0.39 is 0 Å². The number of fused-ring (bicyclic) bond motifs is 2. The minimum Gasteiger partial charge on any atom is -0.368 e. The first-order valence-corrected chi connectivity index (χ1v) is 10.3. The number of benzene rings is 1. The number of hydrogen-bond acceptors (Lipinski definition) is 4. The quantitative estimate of drug-likeness (QED) is 0.515. The van der Waals surface area contributed by atoms with Crippen LogP contribution in [0.3, 0.4) is 0 Å². The molecule has 0 bridgehead atoms. The number of nitrogens with zero attached hydrogens (tertiary/aromatic N) is 5. The lowest BCUT2D eigenvalue weighted by molar-refractivity contribution is -0.129. The van der Waals surface area contributed by atoms with E-state index in [1.165, 1.54) is 16.6 Å². The van der Waals surface area contributed by atoms with Crippen LogP contribution in [0, 0.1) is 6.92 Å². The van der Waals surface area contributed by atoms with E-state index in [9.17, 15) is 4.79 Å². The van der Waals surface area contributed by atoms with E-state index in [1.807, 2.05) is 24.2 Å². The minimum absolute atomic E-state index is 0.157. The van der Waals surface area contributed by atoms with E-state index in [2.05, 4.69) is 57.9 Å². The number of carbonyl (C=O) groups excluding carboxylic acids is 1. The molecule has 0 atom stereocenters. The van der Waals surface area contributed by atoms with E-state index in [-0.39, 0.29) is 5.91 Å². The Morgan fingerprint density at radius 3 is 2.60 bits per heavy atom. The predicted molar refractivity (Wildman–Crippen MR) is 121 cm³/mol. The second kappa shape index (κ2) is 7.13. The van der Waals surface area contributed by atoms with Crippen LogP contribution in [0.2, 0.25) is 0 Å². The summed E-state index contributed by atoms with van der Waals surface area (Å²) in [5, 5.41) is 2.29. The van der Waals surface area contributed by atoms with Crippen molar-refractivity contribution in [2.24, 2.45) is 7.05 Å². The van der Waals surface area contributed by atoms with Crippen LogP contribution >= 0.6 is 0 Å². The summed E-state index contributed by atoms with van der Waals surface area (Å²) in [7, 11) is 2.02. The molecule has 0 aliphatic carbocycles. The lowest BCUT2D eigenvalue weighted by atomic mass is 10.0. The summed E-state index contributed by atoms with van der Waals surface area (Å²) >= 11 is 0. The molecule has 0 unspecified atom stereocenters. The van der Waals surface area contributed by atoms with Crippen molar-refractivity contribution in [1.29, 1.82) is 0 Å². The van der Waals surface area contributed by atoms with Crippen molar-refractivity contribution in [2.45, 2.75) is 13.8 Å². The van der Waals surface area contributed by atoms with E-state index in [4.69, 9.17) is 4.98 Å². The molecule has 4 heterocycles. The molecule has 3 aromatic heterocycles. The Morgan fingerprint density at radius 1 is 1.03 bits per heavy atom. The first-order valence-electron chi connectivity index (χ1n) is 10.3. The Balaban J connectivity index is 1.51. The fourth-order valence-electron chi connectivity index (χ4n) is 4.41. The Kier molecular flexibility index (Phi) is 4.42. The highest BCUT2D eigenvalue weighted by atomic mass is 16.2. The van der Waals surface area contributed by atoms with Crippen molar-refractivity contribution < 1.29 is 4.79 Å². The Morgan fingerprint density at radius 2 is 1.83 bits per heavy atom. The first-order chi connectivity index (χ1) is 14.5. The number of carbonyl (C=O) groups is 1. The third-order valence-electron chi connectivity index (χ3n) is 6.10. The van der Waals surface area contributed by atoms with Crippen molar-refractivity contribution in [3.63, 3.8) is 0 Å². The van der Waals surface area contributed by atoms with Gasteiger partial charge in [0.2, 0.25) is 5.91 Å². The highest BCUT2D eigenvalue weighted by Crippen LogP contribution is 2.32. The van der Waals surface area contributed by atoms with Crippen LogP contribution in [0.4, 0.5) is 5.69 Å². The predicted octanol–water partition coefficient (Wildman–Crippen LogP) is 3.77. The van der Waals surface area contributed by atoms with E-state index in [0.717, 1.165) is 54.0 Å². The maximum atomic E-state index is 11.6. The largest absolute Gasteiger partial charge is 0.368 e. The number of hydrogen-bond donors (Lipinski definition) is 0. The molecule has 1 saturated heterocycles. The molecule has 6 heteroatoms. The van der Waals surface area contributed by atoms with Crippen molar-refractivity contribution in [2.75, 3.05) is 31.1 Å². The lowest BCUT2D eigenvalue weighted by Crippen LogP contribution is -2.48. The summed E-state index contributed by atoms with van der Waals surface area (Å²) in [5.74, 6) is 0.157. The Labute approximate surface area is 175 Å². The van der Waals surface area contributed by atoms with Crippen molar-refractivity contribution in [1.82, 2.24) is 19.4 Å². The molecular formula is C24H25N5O. The van der Waals surface area contributed by atoms with E-state index >= 15 is 0 Å². The fraction of sp³-hybridized carbons (Fsp3) is 0.292. The third kappa shape index (κ3) is 3.09. The SMILES string of the molecule is CC(=O)N1CCN(c2ccc3nc(-c4cn(C)c5ncccc45)cc(C)c3c2)CC1. The van der Waals surface area contributed by atoms with Crippen LogP contribution in [0.15, 0.2) is 48.8 Å². The lowest BCUT2D eigenvalue weighted by Gasteiger charge is -2.35. The van der Waals surface area contributed by atoms with E-state index in [0.29, 0.717) is 0 Å². The molecule has 30 heavy (non-hydrogen) atoms. The van der Waals surface area contributed by atoms with Crippen LogP contribution < -0.4 is 4.90 Å². The molecule has 5 rings (SSSR count). The number of rotatable bonds is 2. The van der Waals surface area contributed by atoms with Gasteiger partial charge in [-0.3, -0.25) is 4.79 Å². The molecule has 1 aromatic carbocycles. The second-order valence-electron chi connectivity index (χ2n) is 8.05. The molecular weight excluding hydrogens is 374 g/mol. The molecule has 0 radical (unpaired) electrons. The molecule has 0 N–H and O–H groups in total. The van der Waals surface area contributed by atoms with Crippen LogP contribution in [-0.2, 0) is 11.8 Å². The van der Waals surface area contributed by atoms with Gasteiger partial charge in [0.05, 0.1) is 11.2 Å². The summed E-state index contributed by atoms with van der Waals surface area (Å²) in [6, 6.07) is 12.7. The molecule has 6 nitrogen and oxygen atoms in total. The van der Waals surface area contributed by atoms with Gasteiger partial charge in [-0.25, -0.2) is 9.97 Å². The van der Waals surface area contributed by atoms with Gasteiger partial charge < -0.3 is 14.4 Å². The topological polar surface area (TPSA) is 54.3 Å². The Bertz CT molecular complexity index is 1270. The zero-order valence-electron chi connectivity index (χ0n) is 17.6. The van der Waals surface area contributed by atoms with Gasteiger partial charge in [-0.1, -0.05) is 0 Å². The second-order valence-corrected chi connectivity index (χ2v) is 8.05. The minimum atomic E-state index is 0.157. The van der Waals surface area contributed by atoms with Gasteiger partial charge in [-0.15, -0.1) is 0 Å². The summed E-state index contributed by atoms with van der Waals surface area (Å²) in [6.07, 6.45) is 3.93.